The Balaban J connectivity index is 1.87. The predicted octanol–water partition coefficient (Wildman–Crippen LogP) is 3.75. The van der Waals surface area contributed by atoms with Gasteiger partial charge in [-0.15, -0.1) is 0 Å². The molecule has 1 aromatic carbocycles. The maximum atomic E-state index is 10.7. The van der Waals surface area contributed by atoms with Gasteiger partial charge in [-0.1, -0.05) is 17.7 Å². The van der Waals surface area contributed by atoms with Crippen LogP contribution in [0.5, 0.6) is 0 Å². The molecule has 0 bridgehead atoms. The number of carboxylic acids is 1. The van der Waals surface area contributed by atoms with Crippen LogP contribution in [0, 0.1) is 19.8 Å². The Labute approximate surface area is 115 Å². The first-order chi connectivity index (χ1) is 9.04. The second-order valence-electron chi connectivity index (χ2n) is 5.78. The molecule has 19 heavy (non-hydrogen) atoms. The molecule has 1 aromatic rings. The van der Waals surface area contributed by atoms with Gasteiger partial charge in [0.25, 0.3) is 0 Å². The van der Waals surface area contributed by atoms with E-state index in [0.29, 0.717) is 18.4 Å². The molecule has 0 saturated heterocycles. The Bertz CT molecular complexity index is 448. The average Bonchev–Trinajstić information content (AvgIpc) is 2.34. The van der Waals surface area contributed by atoms with Crippen molar-refractivity contribution in [1.82, 2.24) is 0 Å². The number of anilines is 1. The van der Waals surface area contributed by atoms with Crippen molar-refractivity contribution in [2.75, 3.05) is 5.32 Å². The summed E-state index contributed by atoms with van der Waals surface area (Å²) in [6.07, 6.45) is 4.52. The summed E-state index contributed by atoms with van der Waals surface area (Å²) in [6.45, 7) is 4.24. The molecule has 0 radical (unpaired) electrons. The summed E-state index contributed by atoms with van der Waals surface area (Å²) in [5.41, 5.74) is 3.79. The lowest BCUT2D eigenvalue weighted by Gasteiger charge is -2.29. The first kappa shape index (κ1) is 13.9. The lowest BCUT2D eigenvalue weighted by atomic mass is 9.84. The van der Waals surface area contributed by atoms with Gasteiger partial charge >= 0.3 is 5.97 Å². The highest BCUT2D eigenvalue weighted by atomic mass is 16.4. The molecular weight excluding hydrogens is 238 g/mol. The van der Waals surface area contributed by atoms with E-state index in [2.05, 4.69) is 37.4 Å². The van der Waals surface area contributed by atoms with Crippen LogP contribution in [0.3, 0.4) is 0 Å². The van der Waals surface area contributed by atoms with E-state index in [1.54, 1.807) is 0 Å². The van der Waals surface area contributed by atoms with E-state index in [4.69, 9.17) is 5.11 Å². The van der Waals surface area contributed by atoms with Crippen molar-refractivity contribution in [2.45, 2.75) is 52.0 Å². The third-order valence-electron chi connectivity index (χ3n) is 4.05. The summed E-state index contributed by atoms with van der Waals surface area (Å²) < 4.78 is 0. The fourth-order valence-corrected chi connectivity index (χ4v) is 2.95. The zero-order valence-electron chi connectivity index (χ0n) is 11.8. The van der Waals surface area contributed by atoms with Crippen molar-refractivity contribution in [1.29, 1.82) is 0 Å². The molecule has 0 atom stereocenters. The number of carbonyl (C=O) groups is 1. The molecule has 0 aliphatic heterocycles. The summed E-state index contributed by atoms with van der Waals surface area (Å²) in [4.78, 5) is 10.7. The summed E-state index contributed by atoms with van der Waals surface area (Å²) in [6, 6.07) is 6.96. The minimum absolute atomic E-state index is 0.330. The van der Waals surface area contributed by atoms with E-state index < -0.39 is 5.97 Å². The molecule has 1 fully saturated rings. The number of hydrogen-bond donors (Lipinski definition) is 2. The molecule has 0 spiro atoms. The van der Waals surface area contributed by atoms with Crippen LogP contribution in [0.25, 0.3) is 0 Å². The van der Waals surface area contributed by atoms with Gasteiger partial charge in [0, 0.05) is 18.2 Å². The van der Waals surface area contributed by atoms with Gasteiger partial charge < -0.3 is 10.4 Å². The summed E-state index contributed by atoms with van der Waals surface area (Å²) in [5.74, 6) is -0.291. The second kappa shape index (κ2) is 6.09. The summed E-state index contributed by atoms with van der Waals surface area (Å²) >= 11 is 0. The van der Waals surface area contributed by atoms with Gasteiger partial charge in [0.15, 0.2) is 0 Å². The van der Waals surface area contributed by atoms with E-state index in [0.717, 1.165) is 25.7 Å². The van der Waals surface area contributed by atoms with E-state index in [1.165, 1.54) is 16.8 Å². The molecule has 2 rings (SSSR count). The number of aryl methyl sites for hydroxylation is 2. The second-order valence-corrected chi connectivity index (χ2v) is 5.78. The zero-order valence-corrected chi connectivity index (χ0v) is 11.8. The van der Waals surface area contributed by atoms with Crippen LogP contribution >= 0.6 is 0 Å². The molecule has 1 aliphatic rings. The van der Waals surface area contributed by atoms with Crippen LogP contribution in [0.2, 0.25) is 0 Å². The molecular formula is C16H23NO2. The van der Waals surface area contributed by atoms with Crippen molar-refractivity contribution in [3.05, 3.63) is 29.3 Å². The Morgan fingerprint density at radius 1 is 1.26 bits per heavy atom. The predicted molar refractivity (Wildman–Crippen MR) is 77.5 cm³/mol. The Morgan fingerprint density at radius 3 is 2.53 bits per heavy atom. The van der Waals surface area contributed by atoms with Crippen LogP contribution in [-0.2, 0) is 4.79 Å². The van der Waals surface area contributed by atoms with Gasteiger partial charge in [-0.2, -0.15) is 0 Å². The lowest BCUT2D eigenvalue weighted by molar-refractivity contribution is -0.138. The van der Waals surface area contributed by atoms with Crippen LogP contribution in [0.1, 0.15) is 43.2 Å². The van der Waals surface area contributed by atoms with Gasteiger partial charge in [0.1, 0.15) is 0 Å². The largest absolute Gasteiger partial charge is 0.481 e. The van der Waals surface area contributed by atoms with Crippen molar-refractivity contribution >= 4 is 11.7 Å². The molecule has 2 N–H and O–H groups in total. The number of benzene rings is 1. The smallest absolute Gasteiger partial charge is 0.303 e. The Morgan fingerprint density at radius 2 is 1.95 bits per heavy atom. The van der Waals surface area contributed by atoms with E-state index in [9.17, 15) is 4.79 Å². The minimum atomic E-state index is -0.661. The monoisotopic (exact) mass is 261 g/mol. The quantitative estimate of drug-likeness (QED) is 0.867. The molecule has 0 unspecified atom stereocenters. The number of aliphatic carboxylic acids is 1. The van der Waals surface area contributed by atoms with Crippen LogP contribution in [-0.4, -0.2) is 17.1 Å². The topological polar surface area (TPSA) is 49.3 Å². The molecule has 1 aliphatic carbocycles. The highest BCUT2D eigenvalue weighted by Crippen LogP contribution is 2.29. The minimum Gasteiger partial charge on any atom is -0.481 e. The molecule has 0 amide bonds. The van der Waals surface area contributed by atoms with Crippen LogP contribution < -0.4 is 5.32 Å². The first-order valence-corrected chi connectivity index (χ1v) is 7.10. The average molecular weight is 261 g/mol. The van der Waals surface area contributed by atoms with Crippen molar-refractivity contribution in [3.63, 3.8) is 0 Å². The highest BCUT2D eigenvalue weighted by Gasteiger charge is 2.22. The van der Waals surface area contributed by atoms with E-state index in [-0.39, 0.29) is 0 Å². The lowest BCUT2D eigenvalue weighted by Crippen LogP contribution is -2.27. The van der Waals surface area contributed by atoms with Gasteiger partial charge in [-0.3, -0.25) is 4.79 Å². The first-order valence-electron chi connectivity index (χ1n) is 7.10. The Hall–Kier alpha value is -1.51. The maximum absolute atomic E-state index is 10.7. The van der Waals surface area contributed by atoms with Crippen molar-refractivity contribution in [3.8, 4) is 0 Å². The number of hydrogen-bond acceptors (Lipinski definition) is 2. The van der Waals surface area contributed by atoms with Crippen molar-refractivity contribution in [2.24, 2.45) is 5.92 Å². The molecule has 3 heteroatoms. The van der Waals surface area contributed by atoms with E-state index >= 15 is 0 Å². The fraction of sp³-hybridized carbons (Fsp3) is 0.562. The Kier molecular flexibility index (Phi) is 4.46. The normalized spacial score (nSPS) is 23.1. The summed E-state index contributed by atoms with van der Waals surface area (Å²) in [5, 5.41) is 12.4. The molecule has 1 saturated carbocycles. The third kappa shape index (κ3) is 3.98. The van der Waals surface area contributed by atoms with Gasteiger partial charge in [-0.25, -0.2) is 0 Å². The third-order valence-corrected chi connectivity index (χ3v) is 4.05. The van der Waals surface area contributed by atoms with Crippen LogP contribution in [0.15, 0.2) is 18.2 Å². The number of nitrogens with one attached hydrogen (secondary N) is 1. The van der Waals surface area contributed by atoms with Crippen LogP contribution in [0.4, 0.5) is 5.69 Å². The van der Waals surface area contributed by atoms with E-state index in [1.807, 2.05) is 0 Å². The number of carboxylic acid groups (broad SMARTS) is 1. The van der Waals surface area contributed by atoms with Gasteiger partial charge in [0.2, 0.25) is 0 Å². The highest BCUT2D eigenvalue weighted by molar-refractivity contribution is 5.67. The van der Waals surface area contributed by atoms with Gasteiger partial charge in [-0.05, 0) is 57.1 Å². The van der Waals surface area contributed by atoms with Crippen molar-refractivity contribution < 1.29 is 9.90 Å². The van der Waals surface area contributed by atoms with Gasteiger partial charge in [0.05, 0.1) is 0 Å². The molecule has 3 nitrogen and oxygen atoms in total. The standard InChI is InChI=1S/C16H23NO2/c1-11-3-8-15(12(2)9-11)17-14-6-4-13(5-7-14)10-16(18)19/h3,8-9,13-14,17H,4-7,10H2,1-2H3,(H,18,19). The fourth-order valence-electron chi connectivity index (χ4n) is 2.95. The molecule has 0 heterocycles. The maximum Gasteiger partial charge on any atom is 0.303 e. The summed E-state index contributed by atoms with van der Waals surface area (Å²) in [7, 11) is 0. The SMILES string of the molecule is Cc1ccc(NC2CCC(CC(=O)O)CC2)c(C)c1. The molecule has 104 valence electrons. The molecule has 0 aromatic heterocycles. The number of rotatable bonds is 4. The zero-order chi connectivity index (χ0) is 13.8.